The Morgan fingerprint density at radius 3 is 2.02 bits per heavy atom. The highest BCUT2D eigenvalue weighted by Crippen LogP contribution is 2.71. The van der Waals surface area contributed by atoms with Crippen LogP contribution in [-0.2, 0) is 19.1 Å². The van der Waals surface area contributed by atoms with Gasteiger partial charge < -0.3 is 9.47 Å². The van der Waals surface area contributed by atoms with Crippen LogP contribution in [0.15, 0.2) is 0 Å². The van der Waals surface area contributed by atoms with E-state index in [1.807, 2.05) is 13.8 Å². The Balaban J connectivity index is 1.45. The lowest BCUT2D eigenvalue weighted by Crippen LogP contribution is -2.56. The molecule has 4 nitrogen and oxygen atoms in total. The summed E-state index contributed by atoms with van der Waals surface area (Å²) < 4.78 is 12.6. The second-order valence-electron chi connectivity index (χ2n) is 14.9. The van der Waals surface area contributed by atoms with Crippen LogP contribution in [0.3, 0.4) is 0 Å². The minimum atomic E-state index is -0.742. The molecule has 0 amide bonds. The van der Waals surface area contributed by atoms with E-state index in [0.717, 1.165) is 57.8 Å². The molecule has 0 heterocycles. The number of rotatable bonds is 14. The average molecular weight is 569 g/mol. The zero-order valence-electron chi connectivity index (χ0n) is 27.2. The van der Waals surface area contributed by atoms with E-state index < -0.39 is 5.60 Å². The van der Waals surface area contributed by atoms with Gasteiger partial charge in [0.05, 0.1) is 0 Å². The number of carbonyl (C=O) groups is 2. The van der Waals surface area contributed by atoms with Gasteiger partial charge in [0.2, 0.25) is 0 Å². The van der Waals surface area contributed by atoms with E-state index in [1.165, 1.54) is 57.8 Å². The number of ether oxygens (including phenoxy) is 2. The van der Waals surface area contributed by atoms with Crippen LogP contribution < -0.4 is 0 Å². The van der Waals surface area contributed by atoms with E-state index in [0.29, 0.717) is 36.5 Å². The lowest BCUT2D eigenvalue weighted by atomic mass is 9.47. The summed E-state index contributed by atoms with van der Waals surface area (Å²) in [6.07, 6.45) is 28.2. The molecule has 0 aliphatic heterocycles. The maximum atomic E-state index is 12.9. The minimum absolute atomic E-state index is 0.0204. The molecule has 4 rings (SSSR count). The second-order valence-corrected chi connectivity index (χ2v) is 14.9. The Kier molecular flexibility index (Phi) is 10.6. The van der Waals surface area contributed by atoms with Gasteiger partial charge in [-0.25, -0.2) is 0 Å². The van der Waals surface area contributed by atoms with Crippen LogP contribution in [0.5, 0.6) is 0 Å². The summed E-state index contributed by atoms with van der Waals surface area (Å²) in [5, 5.41) is 0. The summed E-state index contributed by atoms with van der Waals surface area (Å²) in [7, 11) is 0. The van der Waals surface area contributed by atoms with E-state index in [9.17, 15) is 9.59 Å². The van der Waals surface area contributed by atoms with Gasteiger partial charge in [-0.1, -0.05) is 91.9 Å². The lowest BCUT2D eigenvalue weighted by Gasteiger charge is -2.59. The van der Waals surface area contributed by atoms with Gasteiger partial charge in [0.15, 0.2) is 5.60 Å². The van der Waals surface area contributed by atoms with Gasteiger partial charge in [-0.3, -0.25) is 9.59 Å². The molecule has 41 heavy (non-hydrogen) atoms. The third-order valence-electron chi connectivity index (χ3n) is 12.7. The number of esters is 2. The molecule has 4 saturated carbocycles. The van der Waals surface area contributed by atoms with Crippen LogP contribution >= 0.6 is 0 Å². The summed E-state index contributed by atoms with van der Waals surface area (Å²) >= 11 is 0. The zero-order valence-corrected chi connectivity index (χ0v) is 27.2. The fraction of sp³-hybridized carbons (Fsp3) is 0.892. The molecule has 0 aromatic rings. The number of terminal acetylenes is 1. The predicted octanol–water partition coefficient (Wildman–Crippen LogP) is 9.58. The molecule has 0 aromatic carbocycles. The van der Waals surface area contributed by atoms with Crippen molar-refractivity contribution in [2.45, 2.75) is 174 Å². The maximum absolute atomic E-state index is 12.9. The number of unbranched alkanes of at least 4 members (excludes halogenated alkanes) is 8. The van der Waals surface area contributed by atoms with Gasteiger partial charge in [-0.2, -0.15) is 0 Å². The first-order valence-electron chi connectivity index (χ1n) is 17.5. The molecule has 0 spiro atoms. The first kappa shape index (κ1) is 32.4. The molecule has 0 N–H and O–H groups in total. The molecule has 4 aliphatic rings. The highest BCUT2D eigenvalue weighted by molar-refractivity contribution is 5.70. The molecular weight excluding hydrogens is 508 g/mol. The topological polar surface area (TPSA) is 52.6 Å². The van der Waals surface area contributed by atoms with Gasteiger partial charge in [0.25, 0.3) is 0 Å². The molecule has 4 heteroatoms. The van der Waals surface area contributed by atoms with Crippen molar-refractivity contribution in [3.8, 4) is 12.3 Å². The van der Waals surface area contributed by atoms with E-state index in [4.69, 9.17) is 15.9 Å². The zero-order chi connectivity index (χ0) is 29.7. The average Bonchev–Trinajstić information content (AvgIpc) is 3.42. The van der Waals surface area contributed by atoms with Gasteiger partial charge >= 0.3 is 11.9 Å². The normalized spacial score (nSPS) is 39.3. The van der Waals surface area contributed by atoms with Crippen molar-refractivity contribution in [3.05, 3.63) is 0 Å². The summed E-state index contributed by atoms with van der Waals surface area (Å²) in [5.74, 6) is 5.10. The molecule has 4 fully saturated rings. The van der Waals surface area contributed by atoms with E-state index in [1.54, 1.807) is 0 Å². The Morgan fingerprint density at radius 1 is 0.780 bits per heavy atom. The smallest absolute Gasteiger partial charge is 0.307 e. The highest BCUT2D eigenvalue weighted by Gasteiger charge is 2.68. The van der Waals surface area contributed by atoms with Crippen LogP contribution in [0.25, 0.3) is 0 Å². The van der Waals surface area contributed by atoms with Crippen molar-refractivity contribution in [1.29, 1.82) is 0 Å². The summed E-state index contributed by atoms with van der Waals surface area (Å²) in [6, 6.07) is 0. The number of fused-ring (bicyclic) bond motifs is 5. The summed E-state index contributed by atoms with van der Waals surface area (Å²) in [6.45, 7) is 11.0. The van der Waals surface area contributed by atoms with Crippen molar-refractivity contribution in [2.75, 3.05) is 0 Å². The molecule has 0 saturated heterocycles. The molecule has 0 unspecified atom stereocenters. The molecule has 232 valence electrons. The van der Waals surface area contributed by atoms with Crippen LogP contribution in [0.4, 0.5) is 0 Å². The number of hydrogen-bond acceptors (Lipinski definition) is 4. The first-order chi connectivity index (χ1) is 19.6. The Hall–Kier alpha value is -1.50. The number of carbonyl (C=O) groups excluding carboxylic acids is 2. The highest BCUT2D eigenvalue weighted by atomic mass is 16.6. The van der Waals surface area contributed by atoms with Crippen LogP contribution in [0.1, 0.15) is 163 Å². The quantitative estimate of drug-likeness (QED) is 0.119. The standard InChI is InChI=1S/C37H60O4/c1-7-11-12-13-14-15-16-17-18-23-37(41-33(39)9-3)25-22-31-29-20-19-28-26-36(10-4,40-32(38)8-2)27-34(28,5)30(29)21-24-35(31,37)6/h4,28-31H,7-9,11-27H2,1-3,5-6H3/t28-,29+,30-,31-,34-,35-,36+,37-/m0/s1. The molecule has 8 atom stereocenters. The third kappa shape index (κ3) is 6.26. The SMILES string of the molecule is C#C[C@@]1(OC(=O)CC)C[C@@H]2CC[C@@H]3[C@H](CC[C@@]4(C)[C@H]3CC[C@]4(CCCCCCCCCCC)OC(=O)CC)[C@@]2(C)C1. The Labute approximate surface area is 251 Å². The predicted molar refractivity (Wildman–Crippen MR) is 166 cm³/mol. The summed E-state index contributed by atoms with van der Waals surface area (Å²) in [5.41, 5.74) is -0.913. The van der Waals surface area contributed by atoms with Crippen molar-refractivity contribution in [1.82, 2.24) is 0 Å². The molecular formula is C37H60O4. The molecule has 4 aliphatic carbocycles. The van der Waals surface area contributed by atoms with E-state index in [-0.39, 0.29) is 28.4 Å². The first-order valence-corrected chi connectivity index (χ1v) is 17.5. The van der Waals surface area contributed by atoms with Crippen LogP contribution in [0.2, 0.25) is 0 Å². The Morgan fingerprint density at radius 2 is 1.39 bits per heavy atom. The van der Waals surface area contributed by atoms with E-state index in [2.05, 4.69) is 26.7 Å². The second kappa shape index (κ2) is 13.4. The van der Waals surface area contributed by atoms with Gasteiger partial charge in [0, 0.05) is 31.1 Å². The lowest BCUT2D eigenvalue weighted by molar-refractivity contribution is -0.189. The maximum Gasteiger partial charge on any atom is 0.307 e. The van der Waals surface area contributed by atoms with E-state index >= 15 is 0 Å². The Bertz CT molecular complexity index is 951. The monoisotopic (exact) mass is 568 g/mol. The third-order valence-corrected chi connectivity index (χ3v) is 12.7. The molecule has 0 radical (unpaired) electrons. The fourth-order valence-electron chi connectivity index (χ4n) is 10.5. The van der Waals surface area contributed by atoms with Crippen molar-refractivity contribution < 1.29 is 19.1 Å². The van der Waals surface area contributed by atoms with Crippen molar-refractivity contribution in [3.63, 3.8) is 0 Å². The largest absolute Gasteiger partial charge is 0.458 e. The van der Waals surface area contributed by atoms with Crippen LogP contribution in [0, 0.1) is 46.8 Å². The molecule has 0 aromatic heterocycles. The molecule has 0 bridgehead atoms. The number of hydrogen-bond donors (Lipinski definition) is 0. The fourth-order valence-corrected chi connectivity index (χ4v) is 10.5. The summed E-state index contributed by atoms with van der Waals surface area (Å²) in [4.78, 5) is 25.2. The van der Waals surface area contributed by atoms with Gasteiger partial charge in [0.1, 0.15) is 5.60 Å². The minimum Gasteiger partial charge on any atom is -0.458 e. The van der Waals surface area contributed by atoms with Crippen molar-refractivity contribution >= 4 is 11.9 Å². The van der Waals surface area contributed by atoms with Gasteiger partial charge in [-0.05, 0) is 80.5 Å². The van der Waals surface area contributed by atoms with Crippen LogP contribution in [-0.4, -0.2) is 23.1 Å². The van der Waals surface area contributed by atoms with Gasteiger partial charge in [-0.15, -0.1) is 6.42 Å². The van der Waals surface area contributed by atoms with Crippen molar-refractivity contribution in [2.24, 2.45) is 34.5 Å².